The van der Waals surface area contributed by atoms with Crippen molar-refractivity contribution in [3.05, 3.63) is 71.0 Å². The van der Waals surface area contributed by atoms with Crippen LogP contribution in [0.4, 0.5) is 5.69 Å². The average Bonchev–Trinajstić information content (AvgIpc) is 3.38. The Hall–Kier alpha value is -2.84. The van der Waals surface area contributed by atoms with Crippen molar-refractivity contribution >= 4 is 40.9 Å². The number of hydrogen-bond acceptors (Lipinski definition) is 5. The van der Waals surface area contributed by atoms with Crippen LogP contribution >= 0.6 is 23.4 Å². The molecule has 0 bridgehead atoms. The van der Waals surface area contributed by atoms with Gasteiger partial charge in [0, 0.05) is 11.4 Å². The Morgan fingerprint density at radius 2 is 2.03 bits per heavy atom. The molecule has 1 aliphatic rings. The minimum absolute atomic E-state index is 0.167. The summed E-state index contributed by atoms with van der Waals surface area (Å²) < 4.78 is 1.46. The number of aryl methyl sites for hydroxylation is 1. The van der Waals surface area contributed by atoms with Crippen molar-refractivity contribution in [3.63, 3.8) is 0 Å². The zero-order chi connectivity index (χ0) is 20.4. The Bertz CT molecular complexity index is 1070. The van der Waals surface area contributed by atoms with Gasteiger partial charge >= 0.3 is 0 Å². The average molecular weight is 428 g/mol. The van der Waals surface area contributed by atoms with E-state index < -0.39 is 6.04 Å². The van der Waals surface area contributed by atoms with Crippen LogP contribution in [0.5, 0.6) is 0 Å². The number of aromatic nitrogens is 3. The van der Waals surface area contributed by atoms with Crippen LogP contribution in [0.2, 0.25) is 5.02 Å². The maximum atomic E-state index is 13.0. The summed E-state index contributed by atoms with van der Waals surface area (Å²) in [6, 6.07) is 14.1. The minimum atomic E-state index is -0.571. The molecular weight excluding hydrogens is 410 g/mol. The Labute approximate surface area is 177 Å². The van der Waals surface area contributed by atoms with Gasteiger partial charge in [-0.25, -0.2) is 4.68 Å². The van der Waals surface area contributed by atoms with Gasteiger partial charge in [-0.2, -0.15) is 0 Å². The number of amides is 2. The summed E-state index contributed by atoms with van der Waals surface area (Å²) in [6.07, 6.45) is 1.53. The molecule has 1 aliphatic heterocycles. The quantitative estimate of drug-likeness (QED) is 0.690. The van der Waals surface area contributed by atoms with E-state index in [4.69, 9.17) is 11.6 Å². The molecule has 1 fully saturated rings. The number of rotatable bonds is 4. The van der Waals surface area contributed by atoms with E-state index in [1.54, 1.807) is 12.1 Å². The molecule has 1 saturated heterocycles. The lowest BCUT2D eigenvalue weighted by atomic mass is 10.2. The monoisotopic (exact) mass is 427 g/mol. The third kappa shape index (κ3) is 4.13. The molecule has 1 N–H and O–H groups in total. The van der Waals surface area contributed by atoms with Gasteiger partial charge in [-0.15, -0.1) is 16.9 Å². The second-order valence-electron chi connectivity index (χ2n) is 6.65. The third-order valence-electron chi connectivity index (χ3n) is 4.54. The van der Waals surface area contributed by atoms with Crippen molar-refractivity contribution < 1.29 is 9.59 Å². The van der Waals surface area contributed by atoms with E-state index in [2.05, 4.69) is 15.6 Å². The number of benzene rings is 2. The molecule has 9 heteroatoms. The van der Waals surface area contributed by atoms with Crippen molar-refractivity contribution in [2.24, 2.45) is 0 Å². The van der Waals surface area contributed by atoms with Crippen LogP contribution < -0.4 is 5.32 Å². The number of hydrogen-bond donors (Lipinski definition) is 1. The summed E-state index contributed by atoms with van der Waals surface area (Å²) in [5.74, 6) is 0.399. The van der Waals surface area contributed by atoms with E-state index in [1.165, 1.54) is 27.5 Å². The first-order valence-electron chi connectivity index (χ1n) is 8.96. The van der Waals surface area contributed by atoms with Gasteiger partial charge in [0.25, 0.3) is 5.91 Å². The lowest BCUT2D eigenvalue weighted by molar-refractivity contribution is -0.119. The normalized spacial score (nSPS) is 16.1. The molecule has 0 aliphatic carbocycles. The largest absolute Gasteiger partial charge is 0.324 e. The van der Waals surface area contributed by atoms with Gasteiger partial charge in [-0.05, 0) is 36.8 Å². The predicted molar refractivity (Wildman–Crippen MR) is 113 cm³/mol. The van der Waals surface area contributed by atoms with Crippen LogP contribution in [-0.2, 0) is 4.79 Å². The lowest BCUT2D eigenvalue weighted by Crippen LogP contribution is -2.44. The van der Waals surface area contributed by atoms with Gasteiger partial charge < -0.3 is 10.2 Å². The van der Waals surface area contributed by atoms with Crippen LogP contribution in [0.1, 0.15) is 16.1 Å². The van der Waals surface area contributed by atoms with Crippen molar-refractivity contribution in [1.29, 1.82) is 0 Å². The summed E-state index contributed by atoms with van der Waals surface area (Å²) in [5, 5.41) is 11.4. The highest BCUT2D eigenvalue weighted by molar-refractivity contribution is 7.99. The fraction of sp³-hybridized carbons (Fsp3) is 0.200. The molecule has 29 heavy (non-hydrogen) atoms. The second kappa shape index (κ2) is 8.26. The molecule has 2 heterocycles. The van der Waals surface area contributed by atoms with Crippen molar-refractivity contribution in [2.45, 2.75) is 13.0 Å². The van der Waals surface area contributed by atoms with E-state index in [0.29, 0.717) is 28.0 Å². The van der Waals surface area contributed by atoms with E-state index in [0.717, 1.165) is 5.56 Å². The number of thioether (sulfide) groups is 1. The van der Waals surface area contributed by atoms with E-state index in [1.807, 2.05) is 43.3 Å². The highest BCUT2D eigenvalue weighted by atomic mass is 35.5. The summed E-state index contributed by atoms with van der Waals surface area (Å²) in [7, 11) is 0. The van der Waals surface area contributed by atoms with Crippen LogP contribution in [0.3, 0.4) is 0 Å². The molecule has 1 aromatic heterocycles. The smallest absolute Gasteiger partial charge is 0.277 e. The predicted octanol–water partition coefficient (Wildman–Crippen LogP) is 3.38. The molecule has 4 rings (SSSR count). The Balaban J connectivity index is 1.51. The number of nitrogens with zero attached hydrogens (tertiary/aromatic N) is 4. The van der Waals surface area contributed by atoms with E-state index >= 15 is 0 Å². The summed E-state index contributed by atoms with van der Waals surface area (Å²) >= 11 is 7.72. The number of nitrogens with one attached hydrogen (secondary N) is 1. The number of para-hydroxylation sites is 1. The molecule has 0 saturated carbocycles. The van der Waals surface area contributed by atoms with Crippen LogP contribution in [-0.4, -0.2) is 49.4 Å². The van der Waals surface area contributed by atoms with Gasteiger partial charge in [-0.3, -0.25) is 9.59 Å². The zero-order valence-corrected chi connectivity index (χ0v) is 17.2. The first-order valence-corrected chi connectivity index (χ1v) is 10.5. The molecule has 7 nitrogen and oxygen atoms in total. The molecule has 2 amide bonds. The van der Waals surface area contributed by atoms with Gasteiger partial charge in [0.2, 0.25) is 5.91 Å². The van der Waals surface area contributed by atoms with Crippen molar-refractivity contribution in [1.82, 2.24) is 19.9 Å². The molecule has 1 unspecified atom stereocenters. The fourth-order valence-electron chi connectivity index (χ4n) is 3.07. The fourth-order valence-corrected chi connectivity index (χ4v) is 4.45. The first-order chi connectivity index (χ1) is 14.0. The SMILES string of the molecule is Cc1cccc(NC(=O)C2CSCN2C(=O)c2cn(-c3ccccc3Cl)nn2)c1. The highest BCUT2D eigenvalue weighted by Crippen LogP contribution is 2.25. The summed E-state index contributed by atoms with van der Waals surface area (Å²) in [5.41, 5.74) is 2.56. The Morgan fingerprint density at radius 3 is 2.83 bits per heavy atom. The van der Waals surface area contributed by atoms with Crippen LogP contribution in [0.15, 0.2) is 54.7 Å². The van der Waals surface area contributed by atoms with Gasteiger partial charge in [0.1, 0.15) is 6.04 Å². The number of carbonyl (C=O) groups excluding carboxylic acids is 2. The lowest BCUT2D eigenvalue weighted by Gasteiger charge is -2.22. The Morgan fingerprint density at radius 1 is 1.21 bits per heavy atom. The van der Waals surface area contributed by atoms with E-state index in [9.17, 15) is 9.59 Å². The minimum Gasteiger partial charge on any atom is -0.324 e. The number of carbonyl (C=O) groups is 2. The van der Waals surface area contributed by atoms with Gasteiger partial charge in [-0.1, -0.05) is 41.1 Å². The Kier molecular flexibility index (Phi) is 5.55. The van der Waals surface area contributed by atoms with Crippen molar-refractivity contribution in [2.75, 3.05) is 16.9 Å². The summed E-state index contributed by atoms with van der Waals surface area (Å²) in [6.45, 7) is 1.96. The molecule has 3 aromatic rings. The number of halogens is 1. The molecule has 2 aromatic carbocycles. The molecule has 1 atom stereocenters. The van der Waals surface area contributed by atoms with Crippen molar-refractivity contribution in [3.8, 4) is 5.69 Å². The topological polar surface area (TPSA) is 80.1 Å². The van der Waals surface area contributed by atoms with Gasteiger partial charge in [0.05, 0.1) is 22.8 Å². The second-order valence-corrected chi connectivity index (χ2v) is 8.06. The molecule has 0 spiro atoms. The molecule has 0 radical (unpaired) electrons. The highest BCUT2D eigenvalue weighted by Gasteiger charge is 2.36. The number of anilines is 1. The molecule has 148 valence electrons. The van der Waals surface area contributed by atoms with Crippen LogP contribution in [0, 0.1) is 6.92 Å². The standard InChI is InChI=1S/C20H18ClN5O2S/c1-13-5-4-6-14(9-13)22-19(27)18-11-29-12-25(18)20(28)16-10-26(24-23-16)17-8-3-2-7-15(17)21/h2-10,18H,11-12H2,1H3,(H,22,27). The first kappa shape index (κ1) is 19.5. The summed E-state index contributed by atoms with van der Waals surface area (Å²) in [4.78, 5) is 27.3. The third-order valence-corrected chi connectivity index (χ3v) is 5.88. The van der Waals surface area contributed by atoms with E-state index in [-0.39, 0.29) is 17.5 Å². The maximum absolute atomic E-state index is 13.0. The maximum Gasteiger partial charge on any atom is 0.277 e. The zero-order valence-electron chi connectivity index (χ0n) is 15.6. The molecular formula is C20H18ClN5O2S. The van der Waals surface area contributed by atoms with Gasteiger partial charge in [0.15, 0.2) is 5.69 Å². The van der Waals surface area contributed by atoms with Crippen LogP contribution in [0.25, 0.3) is 5.69 Å².